The second-order valence-corrected chi connectivity index (χ2v) is 7.89. The number of hydrogen-bond donors (Lipinski definition) is 2. The summed E-state index contributed by atoms with van der Waals surface area (Å²) in [6.07, 6.45) is 4.99. The van der Waals surface area contributed by atoms with E-state index in [9.17, 15) is 5.11 Å². The van der Waals surface area contributed by atoms with Gasteiger partial charge in [0.15, 0.2) is 11.0 Å². The summed E-state index contributed by atoms with van der Waals surface area (Å²) in [7, 11) is 2.00. The zero-order valence-corrected chi connectivity index (χ0v) is 17.0. The molecule has 0 radical (unpaired) electrons. The van der Waals surface area contributed by atoms with E-state index in [1.165, 1.54) is 6.33 Å². The van der Waals surface area contributed by atoms with Gasteiger partial charge in [0.05, 0.1) is 18.0 Å². The zero-order valence-electron chi connectivity index (χ0n) is 16.2. The van der Waals surface area contributed by atoms with Gasteiger partial charge in [-0.15, -0.1) is 0 Å². The zero-order chi connectivity index (χ0) is 20.2. The number of aliphatic hydroxyl groups is 1. The molecule has 0 amide bonds. The van der Waals surface area contributed by atoms with E-state index in [1.54, 1.807) is 11.8 Å². The summed E-state index contributed by atoms with van der Waals surface area (Å²) in [5.74, 6) is 0.470. The van der Waals surface area contributed by atoms with Crippen molar-refractivity contribution in [2.75, 3.05) is 0 Å². The van der Waals surface area contributed by atoms with Crippen molar-refractivity contribution in [3.63, 3.8) is 0 Å². The Kier molecular flexibility index (Phi) is 5.73. The number of hydrogen-bond acceptors (Lipinski definition) is 6. The lowest BCUT2D eigenvalue weighted by molar-refractivity contribution is 0.146. The number of nitrogens with zero attached hydrogens (tertiary/aromatic N) is 5. The van der Waals surface area contributed by atoms with Crippen LogP contribution in [0.15, 0.2) is 71.2 Å². The second kappa shape index (κ2) is 8.59. The highest BCUT2D eigenvalue weighted by Crippen LogP contribution is 2.30. The van der Waals surface area contributed by atoms with Gasteiger partial charge in [0, 0.05) is 41.7 Å². The van der Waals surface area contributed by atoms with Crippen LogP contribution in [0.25, 0.3) is 11.3 Å². The Morgan fingerprint density at radius 2 is 1.90 bits per heavy atom. The summed E-state index contributed by atoms with van der Waals surface area (Å²) < 4.78 is 2.07. The molecular formula is C21H22N6OS. The molecule has 0 saturated heterocycles. The summed E-state index contributed by atoms with van der Waals surface area (Å²) in [4.78, 5) is 14.4. The highest BCUT2D eigenvalue weighted by atomic mass is 32.2. The normalized spacial score (nSPS) is 13.3. The maximum Gasteiger partial charge on any atom is 0.173 e. The van der Waals surface area contributed by atoms with E-state index in [-0.39, 0.29) is 5.92 Å². The fraction of sp³-hybridized carbons (Fsp3) is 0.238. The predicted molar refractivity (Wildman–Crippen MR) is 112 cm³/mol. The molecule has 29 heavy (non-hydrogen) atoms. The van der Waals surface area contributed by atoms with Crippen LogP contribution in [0, 0.1) is 0 Å². The average Bonchev–Trinajstić information content (AvgIpc) is 3.39. The van der Waals surface area contributed by atoms with Crippen LogP contribution in [0.2, 0.25) is 0 Å². The maximum atomic E-state index is 10.5. The molecule has 0 aliphatic carbocycles. The third kappa shape index (κ3) is 4.38. The number of rotatable bonds is 7. The molecule has 2 atom stereocenters. The van der Waals surface area contributed by atoms with Gasteiger partial charge in [-0.1, -0.05) is 36.9 Å². The first-order chi connectivity index (χ1) is 14.1. The van der Waals surface area contributed by atoms with Gasteiger partial charge in [-0.3, -0.25) is 10.1 Å². The monoisotopic (exact) mass is 406 g/mol. The van der Waals surface area contributed by atoms with E-state index < -0.39 is 6.10 Å². The largest absolute Gasteiger partial charge is 0.392 e. The Morgan fingerprint density at radius 1 is 1.07 bits per heavy atom. The Balaban J connectivity index is 1.48. The molecule has 0 aliphatic heterocycles. The number of nitrogens with one attached hydrogen (secondary N) is 1. The van der Waals surface area contributed by atoms with E-state index in [2.05, 4.69) is 41.8 Å². The molecule has 8 heteroatoms. The quantitative estimate of drug-likeness (QED) is 0.488. The van der Waals surface area contributed by atoms with Gasteiger partial charge in [0.2, 0.25) is 0 Å². The van der Waals surface area contributed by atoms with Crippen molar-refractivity contribution in [2.45, 2.75) is 35.4 Å². The third-order valence-corrected chi connectivity index (χ3v) is 5.95. The lowest BCUT2D eigenvalue weighted by Gasteiger charge is -2.17. The molecule has 2 unspecified atom stereocenters. The van der Waals surface area contributed by atoms with Crippen LogP contribution in [-0.4, -0.2) is 40.9 Å². The molecule has 3 aromatic heterocycles. The number of imidazole rings is 1. The molecule has 3 heterocycles. The molecule has 0 fully saturated rings. The summed E-state index contributed by atoms with van der Waals surface area (Å²) in [6.45, 7) is 1.96. The van der Waals surface area contributed by atoms with E-state index >= 15 is 0 Å². The van der Waals surface area contributed by atoms with E-state index in [1.807, 2.05) is 56.7 Å². The summed E-state index contributed by atoms with van der Waals surface area (Å²) in [6, 6.07) is 14.2. The molecule has 0 bridgehead atoms. The van der Waals surface area contributed by atoms with Crippen molar-refractivity contribution < 1.29 is 5.11 Å². The predicted octanol–water partition coefficient (Wildman–Crippen LogP) is 3.46. The summed E-state index contributed by atoms with van der Waals surface area (Å²) >= 11 is 1.63. The standard InChI is InChI=1S/C21H22N6OS/c1-14(19(28)10-20-24-13-25-26-20)17-9-8-15(11-22-17)18-12-23-21(27(18)2)29-16-6-4-3-5-7-16/h3-9,11-14,19,28H,10H2,1-2H3,(H,24,25,26). The molecular weight excluding hydrogens is 384 g/mol. The lowest BCUT2D eigenvalue weighted by Crippen LogP contribution is -2.20. The van der Waals surface area contributed by atoms with Crippen LogP contribution < -0.4 is 0 Å². The SMILES string of the molecule is CC(c1ccc(-c2cnc(Sc3ccccc3)n2C)cn1)C(O)Cc1nc[nH]n1. The Morgan fingerprint density at radius 3 is 2.59 bits per heavy atom. The van der Waals surface area contributed by atoms with Crippen molar-refractivity contribution in [1.82, 2.24) is 29.7 Å². The number of aromatic amines is 1. The van der Waals surface area contributed by atoms with Crippen molar-refractivity contribution in [2.24, 2.45) is 7.05 Å². The van der Waals surface area contributed by atoms with Crippen LogP contribution in [-0.2, 0) is 13.5 Å². The first-order valence-corrected chi connectivity index (χ1v) is 10.2. The van der Waals surface area contributed by atoms with Crippen LogP contribution in [0.1, 0.15) is 24.4 Å². The van der Waals surface area contributed by atoms with E-state index in [0.29, 0.717) is 12.2 Å². The summed E-state index contributed by atoms with van der Waals surface area (Å²) in [5, 5.41) is 18.1. The van der Waals surface area contributed by atoms with Crippen molar-refractivity contribution >= 4 is 11.8 Å². The average molecular weight is 407 g/mol. The summed E-state index contributed by atoms with van der Waals surface area (Å²) in [5.41, 5.74) is 2.81. The topological polar surface area (TPSA) is 92.5 Å². The number of pyridine rings is 1. The molecule has 0 aliphatic rings. The molecule has 1 aromatic carbocycles. The van der Waals surface area contributed by atoms with E-state index in [0.717, 1.165) is 27.0 Å². The first kappa shape index (κ1) is 19.4. The van der Waals surface area contributed by atoms with Crippen molar-refractivity contribution in [3.8, 4) is 11.3 Å². The molecule has 148 valence electrons. The Bertz CT molecular complexity index is 1050. The molecule has 0 spiro atoms. The number of H-pyrrole nitrogens is 1. The highest BCUT2D eigenvalue weighted by Gasteiger charge is 2.20. The van der Waals surface area contributed by atoms with Crippen molar-refractivity contribution in [3.05, 3.63) is 72.7 Å². The minimum absolute atomic E-state index is 0.127. The van der Waals surface area contributed by atoms with Crippen LogP contribution in [0.4, 0.5) is 0 Å². The molecule has 4 aromatic rings. The van der Waals surface area contributed by atoms with Gasteiger partial charge in [-0.05, 0) is 24.3 Å². The third-order valence-electron chi connectivity index (χ3n) is 4.88. The van der Waals surface area contributed by atoms with Crippen molar-refractivity contribution in [1.29, 1.82) is 0 Å². The van der Waals surface area contributed by atoms with Gasteiger partial charge < -0.3 is 9.67 Å². The van der Waals surface area contributed by atoms with Gasteiger partial charge in [0.1, 0.15) is 6.33 Å². The maximum absolute atomic E-state index is 10.5. The molecule has 0 saturated carbocycles. The van der Waals surface area contributed by atoms with Crippen LogP contribution in [0.3, 0.4) is 0 Å². The molecule has 4 rings (SSSR count). The smallest absolute Gasteiger partial charge is 0.173 e. The fourth-order valence-electron chi connectivity index (χ4n) is 3.07. The van der Waals surface area contributed by atoms with Gasteiger partial charge in [0.25, 0.3) is 0 Å². The second-order valence-electron chi connectivity index (χ2n) is 6.85. The fourth-order valence-corrected chi connectivity index (χ4v) is 3.92. The van der Waals surface area contributed by atoms with Gasteiger partial charge in [-0.25, -0.2) is 9.97 Å². The first-order valence-electron chi connectivity index (χ1n) is 9.35. The van der Waals surface area contributed by atoms with Gasteiger partial charge in [-0.2, -0.15) is 5.10 Å². The van der Waals surface area contributed by atoms with E-state index in [4.69, 9.17) is 0 Å². The minimum Gasteiger partial charge on any atom is -0.392 e. The van der Waals surface area contributed by atoms with Crippen LogP contribution >= 0.6 is 11.8 Å². The Labute approximate surface area is 173 Å². The molecule has 7 nitrogen and oxygen atoms in total. The number of aliphatic hydroxyl groups excluding tert-OH is 1. The lowest BCUT2D eigenvalue weighted by atomic mass is 9.97. The van der Waals surface area contributed by atoms with Gasteiger partial charge >= 0.3 is 0 Å². The molecule has 2 N–H and O–H groups in total. The Hall–Kier alpha value is -2.97. The minimum atomic E-state index is -0.602. The highest BCUT2D eigenvalue weighted by molar-refractivity contribution is 7.99. The number of benzene rings is 1. The number of aromatic nitrogens is 6. The van der Waals surface area contributed by atoms with Crippen LogP contribution in [0.5, 0.6) is 0 Å².